The Kier molecular flexibility index (Phi) is 6.38. The summed E-state index contributed by atoms with van der Waals surface area (Å²) in [5, 5.41) is 13.6. The van der Waals surface area contributed by atoms with E-state index in [-0.39, 0.29) is 12.6 Å². The van der Waals surface area contributed by atoms with Crippen LogP contribution in [0.15, 0.2) is 23.1 Å². The number of likely N-dealkylation sites (N-methyl/N-ethyl adjacent to an activating group) is 1. The van der Waals surface area contributed by atoms with Crippen molar-refractivity contribution in [3.05, 3.63) is 23.2 Å². The number of carbonyl (C=O) groups excluding carboxylic acids is 1. The van der Waals surface area contributed by atoms with Gasteiger partial charge in [0.25, 0.3) is 0 Å². The van der Waals surface area contributed by atoms with Gasteiger partial charge < -0.3 is 15.3 Å². The van der Waals surface area contributed by atoms with Gasteiger partial charge >= 0.3 is 6.03 Å². The molecule has 0 radical (unpaired) electrons. The molecule has 0 aliphatic rings. The number of hydrogen-bond donors (Lipinski definition) is 2. The standard InChI is InChI=1S/C15H23ClN2O2S/c1-10(2)21-13-11(16)7-6-8-12(13)17-14(19)18(5)9-15(3,4)20/h6-8,10,20H,9H2,1-5H3,(H,17,19). The molecule has 2 N–H and O–H groups in total. The van der Waals surface area contributed by atoms with Crippen molar-refractivity contribution in [3.8, 4) is 0 Å². The summed E-state index contributed by atoms with van der Waals surface area (Å²) in [5.74, 6) is 0. The van der Waals surface area contributed by atoms with E-state index in [0.29, 0.717) is 16.0 Å². The molecule has 6 heteroatoms. The average molecular weight is 331 g/mol. The number of amides is 2. The fourth-order valence-electron chi connectivity index (χ4n) is 1.83. The first-order valence-electron chi connectivity index (χ1n) is 6.80. The third kappa shape index (κ3) is 6.16. The summed E-state index contributed by atoms with van der Waals surface area (Å²) in [6, 6.07) is 5.16. The number of urea groups is 1. The lowest BCUT2D eigenvalue weighted by atomic mass is 10.1. The molecule has 0 heterocycles. The van der Waals surface area contributed by atoms with E-state index in [0.717, 1.165) is 4.90 Å². The summed E-state index contributed by atoms with van der Waals surface area (Å²) in [5.41, 5.74) is -0.246. The lowest BCUT2D eigenvalue weighted by Crippen LogP contribution is -2.41. The number of halogens is 1. The van der Waals surface area contributed by atoms with Gasteiger partial charge in [-0.1, -0.05) is 31.5 Å². The third-order valence-corrected chi connectivity index (χ3v) is 4.11. The van der Waals surface area contributed by atoms with Gasteiger partial charge in [-0.2, -0.15) is 0 Å². The Bertz CT molecular complexity index is 501. The molecule has 0 fully saturated rings. The predicted molar refractivity (Wildman–Crippen MR) is 90.4 cm³/mol. The van der Waals surface area contributed by atoms with Crippen LogP contribution in [0.3, 0.4) is 0 Å². The van der Waals surface area contributed by atoms with Crippen LogP contribution in [0.5, 0.6) is 0 Å². The number of carbonyl (C=O) groups is 1. The molecule has 0 saturated heterocycles. The first kappa shape index (κ1) is 18.1. The summed E-state index contributed by atoms with van der Waals surface area (Å²) in [6.45, 7) is 7.71. The molecule has 118 valence electrons. The molecule has 0 spiro atoms. The van der Waals surface area contributed by atoms with Crippen LogP contribution >= 0.6 is 23.4 Å². The number of nitrogens with one attached hydrogen (secondary N) is 1. The predicted octanol–water partition coefficient (Wildman–Crippen LogP) is 4.08. The molecule has 1 rings (SSSR count). The summed E-state index contributed by atoms with van der Waals surface area (Å²) in [4.78, 5) is 14.5. The topological polar surface area (TPSA) is 52.6 Å². The molecule has 21 heavy (non-hydrogen) atoms. The summed E-state index contributed by atoms with van der Waals surface area (Å²) in [6.07, 6.45) is 0. The van der Waals surface area contributed by atoms with Crippen molar-refractivity contribution in [3.63, 3.8) is 0 Å². The zero-order chi connectivity index (χ0) is 16.2. The number of benzene rings is 1. The van der Waals surface area contributed by atoms with E-state index in [1.54, 1.807) is 38.7 Å². The summed E-state index contributed by atoms with van der Waals surface area (Å²) in [7, 11) is 1.65. The first-order valence-corrected chi connectivity index (χ1v) is 8.05. The second-order valence-corrected chi connectivity index (χ2v) is 7.88. The number of rotatable bonds is 5. The van der Waals surface area contributed by atoms with Crippen LogP contribution in [0.4, 0.5) is 10.5 Å². The highest BCUT2D eigenvalue weighted by molar-refractivity contribution is 8.00. The van der Waals surface area contributed by atoms with Crippen LogP contribution < -0.4 is 5.32 Å². The van der Waals surface area contributed by atoms with E-state index in [1.807, 2.05) is 12.1 Å². The molecule has 0 atom stereocenters. The Morgan fingerprint density at radius 3 is 2.62 bits per heavy atom. The van der Waals surface area contributed by atoms with Gasteiger partial charge in [0.15, 0.2) is 0 Å². The van der Waals surface area contributed by atoms with E-state index >= 15 is 0 Å². The Morgan fingerprint density at radius 2 is 2.10 bits per heavy atom. The maximum Gasteiger partial charge on any atom is 0.321 e. The minimum absolute atomic E-state index is 0.242. The second-order valence-electron chi connectivity index (χ2n) is 5.88. The Labute approximate surface area is 135 Å². The summed E-state index contributed by atoms with van der Waals surface area (Å²) >= 11 is 7.82. The molecule has 0 aliphatic heterocycles. The van der Waals surface area contributed by atoms with E-state index < -0.39 is 5.60 Å². The lowest BCUT2D eigenvalue weighted by molar-refractivity contribution is 0.0550. The number of hydrogen-bond acceptors (Lipinski definition) is 3. The number of anilines is 1. The SMILES string of the molecule is CC(C)Sc1c(Cl)cccc1NC(=O)N(C)CC(C)(C)O. The van der Waals surface area contributed by atoms with Gasteiger partial charge in [0.1, 0.15) is 0 Å². The van der Waals surface area contributed by atoms with Crippen LogP contribution in [-0.2, 0) is 0 Å². The molecule has 1 aromatic carbocycles. The highest BCUT2D eigenvalue weighted by Gasteiger charge is 2.20. The van der Waals surface area contributed by atoms with Gasteiger partial charge in [0, 0.05) is 17.2 Å². The van der Waals surface area contributed by atoms with E-state index in [9.17, 15) is 9.90 Å². The van der Waals surface area contributed by atoms with Crippen LogP contribution in [0.25, 0.3) is 0 Å². The van der Waals surface area contributed by atoms with Crippen LogP contribution in [0.2, 0.25) is 5.02 Å². The highest BCUT2D eigenvalue weighted by atomic mass is 35.5. The van der Waals surface area contributed by atoms with Crippen molar-refractivity contribution >= 4 is 35.1 Å². The van der Waals surface area contributed by atoms with Crippen molar-refractivity contribution in [1.82, 2.24) is 4.90 Å². The number of thioether (sulfide) groups is 1. The Morgan fingerprint density at radius 1 is 1.48 bits per heavy atom. The number of nitrogens with zero attached hydrogens (tertiary/aromatic N) is 1. The smallest absolute Gasteiger partial charge is 0.321 e. The fraction of sp³-hybridized carbons (Fsp3) is 0.533. The quantitative estimate of drug-likeness (QED) is 0.800. The molecule has 0 saturated carbocycles. The van der Waals surface area contributed by atoms with Crippen molar-refractivity contribution < 1.29 is 9.90 Å². The van der Waals surface area contributed by atoms with Crippen molar-refractivity contribution in [2.75, 3.05) is 18.9 Å². The molecule has 4 nitrogen and oxygen atoms in total. The lowest BCUT2D eigenvalue weighted by Gasteiger charge is -2.26. The molecule has 0 aliphatic carbocycles. The van der Waals surface area contributed by atoms with E-state index in [2.05, 4.69) is 19.2 Å². The van der Waals surface area contributed by atoms with Gasteiger partial charge in [0.2, 0.25) is 0 Å². The molecule has 2 amide bonds. The van der Waals surface area contributed by atoms with Gasteiger partial charge in [-0.3, -0.25) is 0 Å². The van der Waals surface area contributed by atoms with Crippen LogP contribution in [0.1, 0.15) is 27.7 Å². The maximum atomic E-state index is 12.2. The minimum atomic E-state index is -0.935. The molecular weight excluding hydrogens is 308 g/mol. The molecule has 0 bridgehead atoms. The van der Waals surface area contributed by atoms with Crippen molar-refractivity contribution in [2.45, 2.75) is 43.4 Å². The fourth-order valence-corrected chi connectivity index (χ4v) is 3.03. The Hall–Kier alpha value is -0.910. The normalized spacial score (nSPS) is 11.6. The molecule has 1 aromatic rings. The van der Waals surface area contributed by atoms with Gasteiger partial charge in [-0.25, -0.2) is 4.79 Å². The van der Waals surface area contributed by atoms with Gasteiger partial charge in [-0.15, -0.1) is 11.8 Å². The average Bonchev–Trinajstić information content (AvgIpc) is 2.31. The third-order valence-electron chi connectivity index (χ3n) is 2.53. The van der Waals surface area contributed by atoms with Crippen molar-refractivity contribution in [2.24, 2.45) is 0 Å². The number of aliphatic hydroxyl groups is 1. The molecule has 0 unspecified atom stereocenters. The molecule has 0 aromatic heterocycles. The van der Waals surface area contributed by atoms with Crippen molar-refractivity contribution in [1.29, 1.82) is 0 Å². The van der Waals surface area contributed by atoms with Crippen LogP contribution in [-0.4, -0.2) is 40.5 Å². The molecular formula is C15H23ClN2O2S. The first-order chi connectivity index (χ1) is 9.60. The zero-order valence-corrected chi connectivity index (χ0v) is 14.7. The monoisotopic (exact) mass is 330 g/mol. The van der Waals surface area contributed by atoms with Gasteiger partial charge in [0.05, 0.1) is 22.9 Å². The highest BCUT2D eigenvalue weighted by Crippen LogP contribution is 2.36. The van der Waals surface area contributed by atoms with E-state index in [4.69, 9.17) is 11.6 Å². The van der Waals surface area contributed by atoms with E-state index in [1.165, 1.54) is 4.90 Å². The second kappa shape index (κ2) is 7.38. The zero-order valence-electron chi connectivity index (χ0n) is 13.1. The summed E-state index contributed by atoms with van der Waals surface area (Å²) < 4.78 is 0. The van der Waals surface area contributed by atoms with Gasteiger partial charge in [-0.05, 0) is 26.0 Å². The minimum Gasteiger partial charge on any atom is -0.389 e. The largest absolute Gasteiger partial charge is 0.389 e. The Balaban J connectivity index is 2.87. The van der Waals surface area contributed by atoms with Crippen LogP contribution in [0, 0.1) is 0 Å². The maximum absolute atomic E-state index is 12.2.